The fourth-order valence-electron chi connectivity index (χ4n) is 4.28. The molecule has 3 aromatic carbocycles. The van der Waals surface area contributed by atoms with Crippen molar-refractivity contribution in [1.82, 2.24) is 4.57 Å². The van der Waals surface area contributed by atoms with Gasteiger partial charge in [0.05, 0.1) is 11.9 Å². The summed E-state index contributed by atoms with van der Waals surface area (Å²) in [5.74, 6) is 0.375. The predicted octanol–water partition coefficient (Wildman–Crippen LogP) is 6.62. The Morgan fingerprint density at radius 3 is 2.42 bits per heavy atom. The maximum atomic E-state index is 11.8. The van der Waals surface area contributed by atoms with Crippen LogP contribution in [0.4, 0.5) is 0 Å². The summed E-state index contributed by atoms with van der Waals surface area (Å²) in [6.07, 6.45) is 3.08. The maximum absolute atomic E-state index is 11.8. The Morgan fingerprint density at radius 1 is 0.968 bits per heavy atom. The molecule has 0 spiro atoms. The number of aromatic nitrogens is 1. The molecule has 1 aromatic heterocycles. The van der Waals surface area contributed by atoms with Gasteiger partial charge in [-0.3, -0.25) is 4.79 Å². The van der Waals surface area contributed by atoms with E-state index in [0.717, 1.165) is 35.2 Å². The molecule has 0 aliphatic heterocycles. The van der Waals surface area contributed by atoms with E-state index in [9.17, 15) is 9.90 Å². The van der Waals surface area contributed by atoms with Gasteiger partial charge in [0.2, 0.25) is 0 Å². The van der Waals surface area contributed by atoms with Gasteiger partial charge in [-0.25, -0.2) is 0 Å². The molecule has 0 aliphatic rings. The third-order valence-corrected chi connectivity index (χ3v) is 5.73. The Morgan fingerprint density at radius 2 is 1.71 bits per heavy atom. The van der Waals surface area contributed by atoms with E-state index in [1.807, 2.05) is 54.6 Å². The highest BCUT2D eigenvalue weighted by Gasteiger charge is 2.23. The van der Waals surface area contributed by atoms with E-state index in [2.05, 4.69) is 42.8 Å². The lowest BCUT2D eigenvalue weighted by Crippen LogP contribution is -2.08. The first-order chi connectivity index (χ1) is 15.1. The third kappa shape index (κ3) is 4.33. The van der Waals surface area contributed by atoms with E-state index in [1.54, 1.807) is 0 Å². The van der Waals surface area contributed by atoms with E-state index in [0.29, 0.717) is 5.75 Å². The van der Waals surface area contributed by atoms with Crippen LogP contribution in [-0.4, -0.2) is 15.6 Å². The van der Waals surface area contributed by atoms with Gasteiger partial charge in [-0.2, -0.15) is 0 Å². The zero-order chi connectivity index (χ0) is 21.8. The summed E-state index contributed by atoms with van der Waals surface area (Å²) < 4.78 is 8.25. The summed E-state index contributed by atoms with van der Waals surface area (Å²) in [5.41, 5.74) is 4.47. The van der Waals surface area contributed by atoms with Gasteiger partial charge >= 0.3 is 5.97 Å². The second kappa shape index (κ2) is 9.09. The van der Waals surface area contributed by atoms with Gasteiger partial charge < -0.3 is 14.4 Å². The van der Waals surface area contributed by atoms with Crippen molar-refractivity contribution in [3.63, 3.8) is 0 Å². The molecule has 0 amide bonds. The van der Waals surface area contributed by atoms with Gasteiger partial charge in [0.25, 0.3) is 0 Å². The minimum absolute atomic E-state index is 0.0218. The fraction of sp³-hybridized carbons (Fsp3) is 0.222. The summed E-state index contributed by atoms with van der Waals surface area (Å²) in [6, 6.07) is 23.7. The summed E-state index contributed by atoms with van der Waals surface area (Å²) in [6.45, 7) is 5.11. The average molecular weight is 414 g/mol. The molecule has 4 nitrogen and oxygen atoms in total. The van der Waals surface area contributed by atoms with E-state index in [-0.39, 0.29) is 12.3 Å². The largest absolute Gasteiger partial charge is 0.481 e. The molecular formula is C27H27NO3. The molecular weight excluding hydrogens is 386 g/mol. The third-order valence-electron chi connectivity index (χ3n) is 5.73. The van der Waals surface area contributed by atoms with Gasteiger partial charge in [0, 0.05) is 24.0 Å². The molecule has 1 heterocycles. The molecule has 0 radical (unpaired) electrons. The summed E-state index contributed by atoms with van der Waals surface area (Å²) in [5, 5.41) is 10.8. The van der Waals surface area contributed by atoms with Crippen LogP contribution in [0.25, 0.3) is 10.9 Å². The second-order valence-corrected chi connectivity index (χ2v) is 7.68. The van der Waals surface area contributed by atoms with Crippen molar-refractivity contribution in [2.24, 2.45) is 0 Å². The molecule has 0 saturated carbocycles. The molecule has 0 bridgehead atoms. The Balaban J connectivity index is 1.81. The first kappa shape index (κ1) is 20.7. The van der Waals surface area contributed by atoms with E-state index < -0.39 is 5.97 Å². The molecule has 0 fully saturated rings. The van der Waals surface area contributed by atoms with Crippen LogP contribution in [0.2, 0.25) is 0 Å². The van der Waals surface area contributed by atoms with Crippen molar-refractivity contribution in [3.05, 3.63) is 95.7 Å². The molecule has 0 saturated heterocycles. The fourth-order valence-corrected chi connectivity index (χ4v) is 4.28. The molecule has 4 aromatic rings. The lowest BCUT2D eigenvalue weighted by molar-refractivity contribution is -0.137. The molecule has 1 atom stereocenters. The number of rotatable bonds is 8. The summed E-state index contributed by atoms with van der Waals surface area (Å²) in [4.78, 5) is 11.8. The van der Waals surface area contributed by atoms with Crippen molar-refractivity contribution >= 4 is 16.9 Å². The van der Waals surface area contributed by atoms with Crippen molar-refractivity contribution in [1.29, 1.82) is 0 Å². The normalized spacial score (nSPS) is 12.1. The molecule has 4 rings (SSSR count). The standard InChI is InChI=1S/C27H27NO3/c1-3-19-10-9-15-23-25(18-28(4-2)27(19)23)24(17-26(29)30)20-11-8-14-22(16-20)31-21-12-6-5-7-13-21/h5-16,18,24H,3-4,17H2,1-2H3,(H,29,30)/t24-/m0/s1. The van der Waals surface area contributed by atoms with Crippen LogP contribution in [0.3, 0.4) is 0 Å². The van der Waals surface area contributed by atoms with E-state index in [1.165, 1.54) is 11.1 Å². The van der Waals surface area contributed by atoms with Crippen LogP contribution in [0.15, 0.2) is 79.0 Å². The Labute approximate surface area is 182 Å². The highest BCUT2D eigenvalue weighted by Crippen LogP contribution is 2.37. The van der Waals surface area contributed by atoms with Gasteiger partial charge in [0.15, 0.2) is 0 Å². The van der Waals surface area contributed by atoms with E-state index >= 15 is 0 Å². The number of hydrogen-bond donors (Lipinski definition) is 1. The Hall–Kier alpha value is -3.53. The molecule has 0 unspecified atom stereocenters. The van der Waals surface area contributed by atoms with E-state index in [4.69, 9.17) is 4.74 Å². The van der Waals surface area contributed by atoms with Crippen LogP contribution in [0, 0.1) is 0 Å². The topological polar surface area (TPSA) is 51.5 Å². The highest BCUT2D eigenvalue weighted by atomic mass is 16.5. The number of fused-ring (bicyclic) bond motifs is 1. The molecule has 0 aliphatic carbocycles. The number of aliphatic carboxylic acids is 1. The first-order valence-electron chi connectivity index (χ1n) is 10.8. The first-order valence-corrected chi connectivity index (χ1v) is 10.8. The van der Waals surface area contributed by atoms with Gasteiger partial charge in [0.1, 0.15) is 11.5 Å². The van der Waals surface area contributed by atoms with Crippen molar-refractivity contribution in [2.45, 2.75) is 39.2 Å². The van der Waals surface area contributed by atoms with Gasteiger partial charge in [-0.15, -0.1) is 0 Å². The van der Waals surface area contributed by atoms with Crippen molar-refractivity contribution < 1.29 is 14.6 Å². The average Bonchev–Trinajstić information content (AvgIpc) is 3.17. The minimum atomic E-state index is -0.816. The molecule has 158 valence electrons. The van der Waals surface area contributed by atoms with Crippen LogP contribution >= 0.6 is 0 Å². The van der Waals surface area contributed by atoms with Crippen LogP contribution in [0.5, 0.6) is 11.5 Å². The van der Waals surface area contributed by atoms with Crippen LogP contribution in [0.1, 0.15) is 42.9 Å². The zero-order valence-electron chi connectivity index (χ0n) is 17.9. The van der Waals surface area contributed by atoms with Crippen LogP contribution < -0.4 is 4.74 Å². The predicted molar refractivity (Wildman–Crippen MR) is 124 cm³/mol. The summed E-state index contributed by atoms with van der Waals surface area (Å²) >= 11 is 0. The number of carboxylic acids is 1. The van der Waals surface area contributed by atoms with Gasteiger partial charge in [-0.1, -0.05) is 55.5 Å². The molecule has 31 heavy (non-hydrogen) atoms. The number of benzene rings is 3. The number of para-hydroxylation sites is 2. The number of carboxylic acid groups (broad SMARTS) is 1. The number of carbonyl (C=O) groups is 1. The quantitative estimate of drug-likeness (QED) is 0.353. The Bertz CT molecular complexity index is 1190. The van der Waals surface area contributed by atoms with Crippen molar-refractivity contribution in [2.75, 3.05) is 0 Å². The Kier molecular flexibility index (Phi) is 6.08. The SMILES string of the molecule is CCc1cccc2c([C@@H](CC(=O)O)c3cccc(Oc4ccccc4)c3)cn(CC)c12. The van der Waals surface area contributed by atoms with Crippen LogP contribution in [-0.2, 0) is 17.8 Å². The smallest absolute Gasteiger partial charge is 0.304 e. The maximum Gasteiger partial charge on any atom is 0.304 e. The monoisotopic (exact) mass is 413 g/mol. The number of aryl methyl sites for hydroxylation is 2. The summed E-state index contributed by atoms with van der Waals surface area (Å²) in [7, 11) is 0. The number of ether oxygens (including phenoxy) is 1. The lowest BCUT2D eigenvalue weighted by Gasteiger charge is -2.17. The second-order valence-electron chi connectivity index (χ2n) is 7.68. The minimum Gasteiger partial charge on any atom is -0.481 e. The number of nitrogens with zero attached hydrogens (tertiary/aromatic N) is 1. The molecule has 4 heteroatoms. The van der Waals surface area contributed by atoms with Gasteiger partial charge in [-0.05, 0) is 54.3 Å². The lowest BCUT2D eigenvalue weighted by atomic mass is 9.88. The highest BCUT2D eigenvalue weighted by molar-refractivity contribution is 5.88. The van der Waals surface area contributed by atoms with Crippen molar-refractivity contribution in [3.8, 4) is 11.5 Å². The molecule has 1 N–H and O–H groups in total. The zero-order valence-corrected chi connectivity index (χ0v) is 17.9. The number of hydrogen-bond acceptors (Lipinski definition) is 2.